The Morgan fingerprint density at radius 3 is 2.80 bits per heavy atom. The minimum atomic E-state index is -1.28. The molecule has 1 aromatic rings. The molecule has 0 aliphatic heterocycles. The van der Waals surface area contributed by atoms with Crippen molar-refractivity contribution >= 4 is 27.6 Å². The Balaban J connectivity index is 2.12. The van der Waals surface area contributed by atoms with Crippen molar-refractivity contribution in [3.05, 3.63) is 32.8 Å². The average molecular weight is 345 g/mol. The van der Waals surface area contributed by atoms with Crippen LogP contribution in [0.2, 0.25) is 0 Å². The molecule has 1 fully saturated rings. The van der Waals surface area contributed by atoms with Crippen LogP contribution in [0.15, 0.2) is 22.7 Å². The van der Waals surface area contributed by atoms with Crippen molar-refractivity contribution in [2.24, 2.45) is 5.73 Å². The van der Waals surface area contributed by atoms with Gasteiger partial charge < -0.3 is 15.6 Å². The molecule has 0 amide bonds. The number of carboxylic acids is 1. The summed E-state index contributed by atoms with van der Waals surface area (Å²) >= 11 is 3.17. The van der Waals surface area contributed by atoms with Gasteiger partial charge in [-0.05, 0) is 18.9 Å². The number of nitro benzene ring substituents is 1. The quantitative estimate of drug-likeness (QED) is 0.637. The lowest BCUT2D eigenvalue weighted by atomic mass is 10.00. The molecule has 3 N–H and O–H groups in total. The lowest BCUT2D eigenvalue weighted by molar-refractivity contribution is -0.385. The molecular weight excluding hydrogens is 332 g/mol. The SMILES string of the molecule is NC1(C(=O)O)CCC(Oc2cc(Br)cc([N+](=O)[O-])c2)C1. The highest BCUT2D eigenvalue weighted by Gasteiger charge is 2.43. The van der Waals surface area contributed by atoms with Crippen LogP contribution in [0.4, 0.5) is 5.69 Å². The summed E-state index contributed by atoms with van der Waals surface area (Å²) in [6.07, 6.45) is 0.652. The van der Waals surface area contributed by atoms with Crippen LogP contribution in [0.5, 0.6) is 5.75 Å². The maximum atomic E-state index is 11.0. The molecule has 1 aliphatic carbocycles. The van der Waals surface area contributed by atoms with Gasteiger partial charge in [-0.25, -0.2) is 0 Å². The molecule has 0 heterocycles. The van der Waals surface area contributed by atoms with Gasteiger partial charge in [0, 0.05) is 17.0 Å². The maximum absolute atomic E-state index is 11.0. The van der Waals surface area contributed by atoms with Gasteiger partial charge in [-0.3, -0.25) is 14.9 Å². The number of nitro groups is 1. The molecule has 0 spiro atoms. The Morgan fingerprint density at radius 1 is 1.55 bits per heavy atom. The molecule has 0 bridgehead atoms. The number of benzene rings is 1. The van der Waals surface area contributed by atoms with Crippen LogP contribution >= 0.6 is 15.9 Å². The second kappa shape index (κ2) is 5.37. The third-order valence-electron chi connectivity index (χ3n) is 3.30. The number of ether oxygens (including phenoxy) is 1. The molecule has 2 atom stereocenters. The summed E-state index contributed by atoms with van der Waals surface area (Å²) in [5.41, 5.74) is 4.39. The predicted molar refractivity (Wildman–Crippen MR) is 73.6 cm³/mol. The maximum Gasteiger partial charge on any atom is 0.323 e. The van der Waals surface area contributed by atoms with Gasteiger partial charge >= 0.3 is 5.97 Å². The van der Waals surface area contributed by atoms with E-state index >= 15 is 0 Å². The normalized spacial score (nSPS) is 25.4. The highest BCUT2D eigenvalue weighted by molar-refractivity contribution is 9.10. The number of non-ortho nitro benzene ring substituents is 1. The molecule has 1 aromatic carbocycles. The van der Waals surface area contributed by atoms with Crippen LogP contribution in [0.25, 0.3) is 0 Å². The lowest BCUT2D eigenvalue weighted by Gasteiger charge is -2.18. The molecular formula is C12H13BrN2O5. The minimum Gasteiger partial charge on any atom is -0.490 e. The number of hydrogen-bond donors (Lipinski definition) is 2. The fourth-order valence-electron chi connectivity index (χ4n) is 2.24. The first-order valence-electron chi connectivity index (χ1n) is 5.94. The third kappa shape index (κ3) is 3.07. The standard InChI is InChI=1S/C12H13BrN2O5/c13-7-3-8(15(18)19)5-10(4-7)20-9-1-2-12(14,6-9)11(16)17/h3-5,9H,1-2,6,14H2,(H,16,17). The molecule has 7 nitrogen and oxygen atoms in total. The van der Waals surface area contributed by atoms with Gasteiger partial charge in [0.05, 0.1) is 11.0 Å². The van der Waals surface area contributed by atoms with E-state index in [1.54, 1.807) is 6.07 Å². The van der Waals surface area contributed by atoms with Crippen LogP contribution in [0.1, 0.15) is 19.3 Å². The number of aliphatic carboxylic acids is 1. The smallest absolute Gasteiger partial charge is 0.323 e. The van der Waals surface area contributed by atoms with E-state index in [9.17, 15) is 14.9 Å². The minimum absolute atomic E-state index is 0.0929. The van der Waals surface area contributed by atoms with Crippen molar-refractivity contribution in [2.75, 3.05) is 0 Å². The Kier molecular flexibility index (Phi) is 3.96. The second-order valence-electron chi connectivity index (χ2n) is 4.85. The van der Waals surface area contributed by atoms with Gasteiger partial charge in [-0.15, -0.1) is 0 Å². The molecule has 108 valence electrons. The highest BCUT2D eigenvalue weighted by Crippen LogP contribution is 2.33. The second-order valence-corrected chi connectivity index (χ2v) is 5.76. The number of nitrogens with zero attached hydrogens (tertiary/aromatic N) is 1. The molecule has 0 aromatic heterocycles. The zero-order valence-electron chi connectivity index (χ0n) is 10.4. The van der Waals surface area contributed by atoms with E-state index in [1.807, 2.05) is 0 Å². The molecule has 1 saturated carbocycles. The van der Waals surface area contributed by atoms with E-state index in [2.05, 4.69) is 15.9 Å². The van der Waals surface area contributed by atoms with Gasteiger partial charge in [-0.2, -0.15) is 0 Å². The van der Waals surface area contributed by atoms with Gasteiger partial charge in [-0.1, -0.05) is 15.9 Å². The number of carbonyl (C=O) groups is 1. The van der Waals surface area contributed by atoms with Gasteiger partial charge in [0.25, 0.3) is 5.69 Å². The van der Waals surface area contributed by atoms with Crippen molar-refractivity contribution in [3.8, 4) is 5.75 Å². The van der Waals surface area contributed by atoms with E-state index in [4.69, 9.17) is 15.6 Å². The zero-order chi connectivity index (χ0) is 14.9. The first kappa shape index (κ1) is 14.7. The Labute approximate surface area is 123 Å². The zero-order valence-corrected chi connectivity index (χ0v) is 12.0. The summed E-state index contributed by atoms with van der Waals surface area (Å²) in [6.45, 7) is 0. The first-order valence-corrected chi connectivity index (χ1v) is 6.73. The van der Waals surface area contributed by atoms with Crippen molar-refractivity contribution in [1.82, 2.24) is 0 Å². The topological polar surface area (TPSA) is 116 Å². The Hall–Kier alpha value is -1.67. The summed E-state index contributed by atoms with van der Waals surface area (Å²) in [5, 5.41) is 19.8. The van der Waals surface area contributed by atoms with Crippen LogP contribution in [0.3, 0.4) is 0 Å². The van der Waals surface area contributed by atoms with Gasteiger partial charge in [0.15, 0.2) is 0 Å². The fourth-order valence-corrected chi connectivity index (χ4v) is 2.70. The fraction of sp³-hybridized carbons (Fsp3) is 0.417. The number of rotatable bonds is 4. The lowest BCUT2D eigenvalue weighted by Crippen LogP contribution is -2.46. The van der Waals surface area contributed by atoms with Gasteiger partial charge in [0.2, 0.25) is 0 Å². The molecule has 2 rings (SSSR count). The van der Waals surface area contributed by atoms with Crippen LogP contribution in [0, 0.1) is 10.1 Å². The van der Waals surface area contributed by atoms with E-state index in [0.29, 0.717) is 23.1 Å². The number of hydrogen-bond acceptors (Lipinski definition) is 5. The van der Waals surface area contributed by atoms with E-state index < -0.39 is 16.4 Å². The largest absolute Gasteiger partial charge is 0.490 e. The van der Waals surface area contributed by atoms with Crippen molar-refractivity contribution in [3.63, 3.8) is 0 Å². The number of nitrogens with two attached hydrogens (primary N) is 1. The van der Waals surface area contributed by atoms with Crippen molar-refractivity contribution < 1.29 is 19.6 Å². The van der Waals surface area contributed by atoms with Crippen LogP contribution < -0.4 is 10.5 Å². The van der Waals surface area contributed by atoms with E-state index in [0.717, 1.165) is 0 Å². The predicted octanol–water partition coefficient (Wildman–Crippen LogP) is 2.07. The summed E-state index contributed by atoms with van der Waals surface area (Å²) in [4.78, 5) is 21.3. The molecule has 1 aliphatic rings. The third-order valence-corrected chi connectivity index (χ3v) is 3.76. The summed E-state index contributed by atoms with van der Waals surface area (Å²) < 4.78 is 6.14. The molecule has 0 radical (unpaired) electrons. The van der Waals surface area contributed by atoms with E-state index in [1.165, 1.54) is 12.1 Å². The van der Waals surface area contributed by atoms with Crippen LogP contribution in [-0.2, 0) is 4.79 Å². The Morgan fingerprint density at radius 2 is 2.25 bits per heavy atom. The average Bonchev–Trinajstić information content (AvgIpc) is 2.71. The molecule has 0 saturated heterocycles. The van der Waals surface area contributed by atoms with E-state index in [-0.39, 0.29) is 18.2 Å². The first-order chi connectivity index (χ1) is 9.30. The molecule has 2 unspecified atom stereocenters. The molecule has 20 heavy (non-hydrogen) atoms. The summed E-state index contributed by atoms with van der Waals surface area (Å²) in [5.74, 6) is -0.727. The number of halogens is 1. The highest BCUT2D eigenvalue weighted by atomic mass is 79.9. The molecule has 8 heteroatoms. The van der Waals surface area contributed by atoms with Crippen LogP contribution in [-0.4, -0.2) is 27.6 Å². The van der Waals surface area contributed by atoms with Crippen molar-refractivity contribution in [1.29, 1.82) is 0 Å². The number of carboxylic acid groups (broad SMARTS) is 1. The van der Waals surface area contributed by atoms with Crippen molar-refractivity contribution in [2.45, 2.75) is 30.9 Å². The van der Waals surface area contributed by atoms with Gasteiger partial charge in [0.1, 0.15) is 17.4 Å². The Bertz CT molecular complexity index is 565. The summed E-state index contributed by atoms with van der Waals surface area (Å²) in [6, 6.07) is 4.28. The monoisotopic (exact) mass is 344 g/mol. The summed E-state index contributed by atoms with van der Waals surface area (Å²) in [7, 11) is 0.